The number of rotatable bonds is 12. The van der Waals surface area contributed by atoms with Crippen LogP contribution in [0.4, 0.5) is 15.9 Å². The van der Waals surface area contributed by atoms with E-state index >= 15 is 4.39 Å². The molecule has 0 N–H and O–H groups in total. The van der Waals surface area contributed by atoms with Crippen LogP contribution in [0.1, 0.15) is 57.5 Å². The molecule has 0 radical (unpaired) electrons. The van der Waals surface area contributed by atoms with Gasteiger partial charge in [-0.2, -0.15) is 5.26 Å². The molecule has 9 nitrogen and oxygen atoms in total. The maximum Gasteiger partial charge on any atom is 0.189 e. The van der Waals surface area contributed by atoms with Gasteiger partial charge in [0.15, 0.2) is 5.16 Å². The summed E-state index contributed by atoms with van der Waals surface area (Å²) in [6.07, 6.45) is 4.69. The number of hydrogen-bond donors (Lipinski definition) is 0. The molecule has 4 aromatic carbocycles. The van der Waals surface area contributed by atoms with Crippen molar-refractivity contribution >= 4 is 23.3 Å². The van der Waals surface area contributed by atoms with Gasteiger partial charge in [0.1, 0.15) is 35.0 Å². The van der Waals surface area contributed by atoms with Crippen molar-refractivity contribution in [1.82, 2.24) is 14.9 Å². The molecule has 55 heavy (non-hydrogen) atoms. The fourth-order valence-corrected chi connectivity index (χ4v) is 8.64. The maximum atomic E-state index is 16.8. The third kappa shape index (κ3) is 7.53. The smallest absolute Gasteiger partial charge is 0.189 e. The summed E-state index contributed by atoms with van der Waals surface area (Å²) < 4.78 is 33.0. The lowest BCUT2D eigenvalue weighted by Gasteiger charge is -2.50. The lowest BCUT2D eigenvalue weighted by atomic mass is 9.68. The monoisotopic (exact) mass is 758 g/mol. The average molecular weight is 759 g/mol. The van der Waals surface area contributed by atoms with Crippen LogP contribution in [0.3, 0.4) is 0 Å². The van der Waals surface area contributed by atoms with Gasteiger partial charge >= 0.3 is 0 Å². The van der Waals surface area contributed by atoms with E-state index < -0.39 is 5.54 Å². The summed E-state index contributed by atoms with van der Waals surface area (Å²) >= 11 is 1.51. The van der Waals surface area contributed by atoms with E-state index in [1.807, 2.05) is 66.9 Å². The quantitative estimate of drug-likeness (QED) is 0.0915. The van der Waals surface area contributed by atoms with E-state index in [2.05, 4.69) is 47.0 Å². The molecule has 0 saturated carbocycles. The summed E-state index contributed by atoms with van der Waals surface area (Å²) in [7, 11) is 9.12. The van der Waals surface area contributed by atoms with Crippen molar-refractivity contribution in [3.8, 4) is 23.3 Å². The van der Waals surface area contributed by atoms with Gasteiger partial charge in [-0.1, -0.05) is 48.2 Å². The van der Waals surface area contributed by atoms with Crippen molar-refractivity contribution in [1.29, 1.82) is 5.26 Å². The van der Waals surface area contributed by atoms with E-state index in [0.717, 1.165) is 69.4 Å². The topological polar surface area (TPSA) is 87.0 Å². The number of nitrogens with zero attached hydrogens (tertiary/aromatic N) is 6. The summed E-state index contributed by atoms with van der Waals surface area (Å²) in [5.74, 6) is 2.94. The zero-order valence-corrected chi connectivity index (χ0v) is 33.2. The van der Waals surface area contributed by atoms with Crippen LogP contribution >= 0.6 is 11.8 Å². The zero-order valence-electron chi connectivity index (χ0n) is 32.4. The van der Waals surface area contributed by atoms with Crippen molar-refractivity contribution in [2.45, 2.75) is 62.6 Å². The van der Waals surface area contributed by atoms with Gasteiger partial charge in [-0.3, -0.25) is 4.90 Å². The Hall–Kier alpha value is -5.31. The Bertz CT molecular complexity index is 2140. The minimum absolute atomic E-state index is 0.274. The maximum absolute atomic E-state index is 16.8. The minimum atomic E-state index is -0.635. The van der Waals surface area contributed by atoms with Crippen LogP contribution in [0.5, 0.6) is 17.2 Å². The van der Waals surface area contributed by atoms with Crippen LogP contribution in [0.2, 0.25) is 0 Å². The molecule has 0 saturated heterocycles. The van der Waals surface area contributed by atoms with Crippen molar-refractivity contribution < 1.29 is 18.6 Å². The van der Waals surface area contributed by atoms with Gasteiger partial charge in [0.05, 0.1) is 43.8 Å². The number of thioether (sulfide) groups is 1. The second-order valence-corrected chi connectivity index (χ2v) is 15.1. The highest BCUT2D eigenvalue weighted by molar-refractivity contribution is 7.98. The second-order valence-electron chi connectivity index (χ2n) is 14.4. The van der Waals surface area contributed by atoms with E-state index in [-0.39, 0.29) is 5.82 Å². The SMILES string of the molecule is COc1ccc(CN(C)c2nc(SC)nc3c2CN(C)C2(CCCc4c(F)cc(N(Cc5ccc(OC)cc5)Cc5ccc(OC)cc5)c(C#N)c42)C3)cc1. The molecule has 5 aromatic rings. The summed E-state index contributed by atoms with van der Waals surface area (Å²) in [6, 6.07) is 28.0. The number of hydrogen-bond acceptors (Lipinski definition) is 10. The minimum Gasteiger partial charge on any atom is -0.497 e. The zero-order chi connectivity index (χ0) is 38.7. The van der Waals surface area contributed by atoms with Crippen LogP contribution in [0.25, 0.3) is 0 Å². The summed E-state index contributed by atoms with van der Waals surface area (Å²) in [5, 5.41) is 11.8. The van der Waals surface area contributed by atoms with Gasteiger partial charge in [-0.05, 0) is 103 Å². The van der Waals surface area contributed by atoms with Crippen LogP contribution in [0.15, 0.2) is 84.0 Å². The lowest BCUT2D eigenvalue weighted by molar-refractivity contribution is 0.0716. The molecular weight excluding hydrogens is 712 g/mol. The van der Waals surface area contributed by atoms with Gasteiger partial charge in [0.2, 0.25) is 0 Å². The van der Waals surface area contributed by atoms with E-state index in [1.54, 1.807) is 27.4 Å². The van der Waals surface area contributed by atoms with Crippen molar-refractivity contribution in [2.75, 3.05) is 51.5 Å². The van der Waals surface area contributed by atoms with Crippen molar-refractivity contribution in [3.63, 3.8) is 0 Å². The van der Waals surface area contributed by atoms with Gasteiger partial charge in [0.25, 0.3) is 0 Å². The van der Waals surface area contributed by atoms with Crippen LogP contribution in [0, 0.1) is 17.1 Å². The molecule has 284 valence electrons. The highest BCUT2D eigenvalue weighted by atomic mass is 32.2. The molecule has 1 aliphatic heterocycles. The van der Waals surface area contributed by atoms with Crippen molar-refractivity contribution in [3.05, 3.63) is 129 Å². The molecule has 0 bridgehead atoms. The number of likely N-dealkylation sites (N-methyl/N-ethyl adjacent to an activating group) is 1. The van der Waals surface area contributed by atoms with Gasteiger partial charge < -0.3 is 24.0 Å². The van der Waals surface area contributed by atoms with E-state index in [1.165, 1.54) is 11.8 Å². The highest BCUT2D eigenvalue weighted by Gasteiger charge is 2.48. The molecule has 0 fully saturated rings. The number of halogens is 1. The molecular formula is C44H47FN6O3S. The van der Waals surface area contributed by atoms with Gasteiger partial charge in [-0.15, -0.1) is 0 Å². The Morgan fingerprint density at radius 1 is 0.836 bits per heavy atom. The summed E-state index contributed by atoms with van der Waals surface area (Å²) in [6.45, 7) is 2.14. The fraction of sp³-hybridized carbons (Fsp3) is 0.341. The number of anilines is 2. The number of nitriles is 1. The Morgan fingerprint density at radius 3 is 1.89 bits per heavy atom. The molecule has 1 unspecified atom stereocenters. The highest BCUT2D eigenvalue weighted by Crippen LogP contribution is 2.50. The Balaban J connectivity index is 1.32. The molecule has 2 heterocycles. The van der Waals surface area contributed by atoms with E-state index in [9.17, 15) is 5.26 Å². The first-order valence-corrected chi connectivity index (χ1v) is 19.7. The van der Waals surface area contributed by atoms with Crippen LogP contribution in [-0.2, 0) is 44.6 Å². The van der Waals surface area contributed by atoms with Gasteiger partial charge in [0, 0.05) is 45.2 Å². The molecule has 1 atom stereocenters. The third-order valence-electron chi connectivity index (χ3n) is 11.1. The first kappa shape index (κ1) is 38.0. The van der Waals surface area contributed by atoms with Crippen LogP contribution in [-0.4, -0.2) is 56.5 Å². The molecule has 1 spiro atoms. The predicted octanol–water partition coefficient (Wildman–Crippen LogP) is 8.30. The first-order valence-electron chi connectivity index (χ1n) is 18.5. The van der Waals surface area contributed by atoms with E-state index in [0.29, 0.717) is 61.0 Å². The number of fused-ring (bicyclic) bond motifs is 3. The van der Waals surface area contributed by atoms with Crippen molar-refractivity contribution in [2.24, 2.45) is 0 Å². The predicted molar refractivity (Wildman–Crippen MR) is 216 cm³/mol. The second kappa shape index (κ2) is 16.2. The van der Waals surface area contributed by atoms with Gasteiger partial charge in [-0.25, -0.2) is 14.4 Å². The average Bonchev–Trinajstić information content (AvgIpc) is 3.21. The summed E-state index contributed by atoms with van der Waals surface area (Å²) in [4.78, 5) is 16.8. The lowest BCUT2D eigenvalue weighted by Crippen LogP contribution is -2.51. The van der Waals surface area contributed by atoms with E-state index in [4.69, 9.17) is 24.2 Å². The third-order valence-corrected chi connectivity index (χ3v) is 11.7. The molecule has 1 aliphatic carbocycles. The van der Waals surface area contributed by atoms with Crippen LogP contribution < -0.4 is 24.0 Å². The Labute approximate surface area is 327 Å². The fourth-order valence-electron chi connectivity index (χ4n) is 8.26. The number of ether oxygens (including phenoxy) is 3. The summed E-state index contributed by atoms with van der Waals surface area (Å²) in [5.41, 5.74) is 7.06. The number of benzene rings is 4. The molecule has 0 amide bonds. The first-order chi connectivity index (χ1) is 26.7. The normalized spacial score (nSPS) is 16.2. The number of aromatic nitrogens is 2. The standard InChI is InChI=1S/C44H47FN6O3S/c1-49(25-29-9-15-32(52-3)16-10-29)42-37-28-50(2)44(23-39(37)47-43(48-42)55-6)21-7-8-35-38(45)22-40(36(24-46)41(35)44)51(26-30-11-17-33(53-4)18-12-30)27-31-13-19-34(54-5)20-14-31/h9-20,22H,7-8,21,23,25-28H2,1-6H3. The Morgan fingerprint density at radius 2 is 1.38 bits per heavy atom. The molecule has 7 rings (SSSR count). The number of methoxy groups -OCH3 is 3. The molecule has 2 aliphatic rings. The molecule has 11 heteroatoms. The Kier molecular flexibility index (Phi) is 11.2. The largest absolute Gasteiger partial charge is 0.497 e. The molecule has 1 aromatic heterocycles.